The van der Waals surface area contributed by atoms with E-state index >= 15 is 0 Å². The molecule has 2 amide bonds. The van der Waals surface area contributed by atoms with Gasteiger partial charge in [0.15, 0.2) is 0 Å². The van der Waals surface area contributed by atoms with E-state index in [-0.39, 0.29) is 23.7 Å². The molecule has 1 saturated heterocycles. The normalized spacial score (nSPS) is 16.9. The number of hydrogen-bond donors (Lipinski definition) is 3. The molecular formula is C12H20N6O2. The van der Waals surface area contributed by atoms with Crippen LogP contribution in [0.2, 0.25) is 0 Å². The highest BCUT2D eigenvalue weighted by Crippen LogP contribution is 2.10. The van der Waals surface area contributed by atoms with Crippen molar-refractivity contribution in [3.63, 3.8) is 0 Å². The third-order valence-corrected chi connectivity index (χ3v) is 3.37. The molecule has 0 atom stereocenters. The number of carbonyl (C=O) groups is 2. The van der Waals surface area contributed by atoms with E-state index in [0.717, 1.165) is 25.9 Å². The van der Waals surface area contributed by atoms with Gasteiger partial charge in [0.25, 0.3) is 5.91 Å². The minimum atomic E-state index is -0.251. The summed E-state index contributed by atoms with van der Waals surface area (Å²) < 4.78 is 0. The summed E-state index contributed by atoms with van der Waals surface area (Å²) in [5, 5.41) is 12.0. The molecule has 0 radical (unpaired) electrons. The van der Waals surface area contributed by atoms with Crippen LogP contribution in [0.4, 0.5) is 0 Å². The van der Waals surface area contributed by atoms with E-state index in [0.29, 0.717) is 12.4 Å². The predicted octanol–water partition coefficient (Wildman–Crippen LogP) is -0.947. The number of hydrogen-bond acceptors (Lipinski definition) is 5. The number of nitrogens with one attached hydrogen (secondary N) is 3. The fraction of sp³-hybridized carbons (Fsp3) is 0.667. The number of rotatable bonds is 4. The molecule has 1 aliphatic heterocycles. The summed E-state index contributed by atoms with van der Waals surface area (Å²) in [7, 11) is 1.63. The van der Waals surface area contributed by atoms with E-state index < -0.39 is 0 Å². The predicted molar refractivity (Wildman–Crippen MR) is 72.1 cm³/mol. The average molecular weight is 280 g/mol. The van der Waals surface area contributed by atoms with Crippen molar-refractivity contribution in [2.24, 2.45) is 0 Å². The van der Waals surface area contributed by atoms with Crippen LogP contribution < -0.4 is 10.6 Å². The van der Waals surface area contributed by atoms with Crippen molar-refractivity contribution in [3.05, 3.63) is 11.6 Å². The first-order valence-corrected chi connectivity index (χ1v) is 6.71. The minimum Gasteiger partial charge on any atom is -0.358 e. The van der Waals surface area contributed by atoms with Gasteiger partial charge in [-0.1, -0.05) is 0 Å². The number of aromatic nitrogens is 3. The molecule has 8 nitrogen and oxygen atoms in total. The van der Waals surface area contributed by atoms with Crippen LogP contribution in [0, 0.1) is 6.92 Å². The van der Waals surface area contributed by atoms with E-state index in [1.807, 2.05) is 0 Å². The number of nitrogens with zero attached hydrogens (tertiary/aromatic N) is 3. The number of amides is 2. The molecule has 0 unspecified atom stereocenters. The molecule has 1 aromatic heterocycles. The topological polar surface area (TPSA) is 103 Å². The smallest absolute Gasteiger partial charge is 0.291 e. The lowest BCUT2D eigenvalue weighted by atomic mass is 10.0. The number of piperidine rings is 1. The highest BCUT2D eigenvalue weighted by atomic mass is 16.2. The van der Waals surface area contributed by atoms with E-state index in [2.05, 4.69) is 30.7 Å². The van der Waals surface area contributed by atoms with Crippen LogP contribution >= 0.6 is 0 Å². The number of likely N-dealkylation sites (tertiary alicyclic amines) is 1. The first kappa shape index (κ1) is 14.4. The van der Waals surface area contributed by atoms with Crippen molar-refractivity contribution >= 4 is 11.8 Å². The van der Waals surface area contributed by atoms with E-state index in [9.17, 15) is 9.59 Å². The highest BCUT2D eigenvalue weighted by molar-refractivity contribution is 5.90. The third-order valence-electron chi connectivity index (χ3n) is 3.37. The largest absolute Gasteiger partial charge is 0.358 e. The summed E-state index contributed by atoms with van der Waals surface area (Å²) in [5.41, 5.74) is 0. The molecule has 3 N–H and O–H groups in total. The Morgan fingerprint density at radius 2 is 2.10 bits per heavy atom. The van der Waals surface area contributed by atoms with Gasteiger partial charge in [0, 0.05) is 26.2 Å². The molecule has 0 saturated carbocycles. The van der Waals surface area contributed by atoms with Crippen LogP contribution in [0.5, 0.6) is 0 Å². The Kier molecular flexibility index (Phi) is 4.67. The second-order valence-electron chi connectivity index (χ2n) is 4.94. The fourth-order valence-electron chi connectivity index (χ4n) is 2.21. The molecule has 0 aromatic carbocycles. The Morgan fingerprint density at radius 3 is 2.65 bits per heavy atom. The molecule has 2 heterocycles. The third kappa shape index (κ3) is 3.77. The van der Waals surface area contributed by atoms with Crippen molar-refractivity contribution in [2.45, 2.75) is 25.8 Å². The second kappa shape index (κ2) is 6.47. The SMILES string of the molecule is CNC(=O)CN1CCC(NC(=O)c2n[nH]c(C)n2)CC1. The molecule has 110 valence electrons. The lowest BCUT2D eigenvalue weighted by Crippen LogP contribution is -2.47. The number of H-pyrrole nitrogens is 1. The van der Waals surface area contributed by atoms with Crippen molar-refractivity contribution in [1.29, 1.82) is 0 Å². The van der Waals surface area contributed by atoms with Crippen LogP contribution in [0.25, 0.3) is 0 Å². The summed E-state index contributed by atoms with van der Waals surface area (Å²) in [6.45, 7) is 3.76. The molecule has 0 aliphatic carbocycles. The monoisotopic (exact) mass is 280 g/mol. The Morgan fingerprint density at radius 1 is 1.40 bits per heavy atom. The second-order valence-corrected chi connectivity index (χ2v) is 4.94. The van der Waals surface area contributed by atoms with Gasteiger partial charge in [-0.05, 0) is 19.8 Å². The Hall–Kier alpha value is -1.96. The van der Waals surface area contributed by atoms with Gasteiger partial charge in [0.1, 0.15) is 5.82 Å². The Labute approximate surface area is 117 Å². The molecule has 20 heavy (non-hydrogen) atoms. The quantitative estimate of drug-likeness (QED) is 0.660. The van der Waals surface area contributed by atoms with E-state index in [4.69, 9.17) is 0 Å². The van der Waals surface area contributed by atoms with Crippen molar-refractivity contribution in [1.82, 2.24) is 30.7 Å². The molecule has 0 spiro atoms. The lowest BCUT2D eigenvalue weighted by molar-refractivity contribution is -0.122. The molecule has 0 bridgehead atoms. The van der Waals surface area contributed by atoms with Crippen LogP contribution in [-0.4, -0.2) is 64.6 Å². The molecule has 2 rings (SSSR count). The maximum Gasteiger partial charge on any atom is 0.291 e. The van der Waals surface area contributed by atoms with Crippen molar-refractivity contribution in [3.8, 4) is 0 Å². The van der Waals surface area contributed by atoms with Gasteiger partial charge in [-0.2, -0.15) is 0 Å². The van der Waals surface area contributed by atoms with Gasteiger partial charge in [-0.3, -0.25) is 19.6 Å². The fourth-order valence-corrected chi connectivity index (χ4v) is 2.21. The first-order chi connectivity index (χ1) is 9.58. The van der Waals surface area contributed by atoms with Gasteiger partial charge in [-0.25, -0.2) is 4.98 Å². The van der Waals surface area contributed by atoms with Crippen LogP contribution in [0.1, 0.15) is 29.3 Å². The van der Waals surface area contributed by atoms with Gasteiger partial charge < -0.3 is 10.6 Å². The maximum atomic E-state index is 11.9. The number of aromatic amines is 1. The lowest BCUT2D eigenvalue weighted by Gasteiger charge is -2.31. The minimum absolute atomic E-state index is 0.0173. The average Bonchev–Trinajstić information content (AvgIpc) is 2.87. The van der Waals surface area contributed by atoms with Crippen LogP contribution in [-0.2, 0) is 4.79 Å². The maximum absolute atomic E-state index is 11.9. The molecule has 1 fully saturated rings. The zero-order valence-electron chi connectivity index (χ0n) is 11.8. The molecule has 1 aliphatic rings. The summed E-state index contributed by atoms with van der Waals surface area (Å²) in [6, 6.07) is 0.113. The Balaban J connectivity index is 1.77. The molecule has 1 aromatic rings. The summed E-state index contributed by atoms with van der Waals surface area (Å²) in [6.07, 6.45) is 1.65. The van der Waals surface area contributed by atoms with Gasteiger partial charge in [0.05, 0.1) is 6.54 Å². The van der Waals surface area contributed by atoms with Gasteiger partial charge in [0.2, 0.25) is 11.7 Å². The summed E-state index contributed by atoms with van der Waals surface area (Å²) in [5.74, 6) is 0.564. The number of likely N-dealkylation sites (N-methyl/N-ethyl adjacent to an activating group) is 1. The van der Waals surface area contributed by atoms with E-state index in [1.54, 1.807) is 14.0 Å². The van der Waals surface area contributed by atoms with Crippen LogP contribution in [0.3, 0.4) is 0 Å². The molecular weight excluding hydrogens is 260 g/mol. The van der Waals surface area contributed by atoms with E-state index in [1.165, 1.54) is 0 Å². The van der Waals surface area contributed by atoms with Crippen LogP contribution in [0.15, 0.2) is 0 Å². The molecule has 8 heteroatoms. The number of carbonyl (C=O) groups excluding carboxylic acids is 2. The Bertz CT molecular complexity index is 478. The summed E-state index contributed by atoms with van der Waals surface area (Å²) in [4.78, 5) is 29.3. The standard InChI is InChI=1S/C12H20N6O2/c1-8-14-11(17-16-8)12(20)15-9-3-5-18(6-4-9)7-10(19)13-2/h9H,3-7H2,1-2H3,(H,13,19)(H,15,20)(H,14,16,17). The first-order valence-electron chi connectivity index (χ1n) is 6.71. The zero-order chi connectivity index (χ0) is 14.5. The summed E-state index contributed by atoms with van der Waals surface area (Å²) >= 11 is 0. The van der Waals surface area contributed by atoms with Gasteiger partial charge >= 0.3 is 0 Å². The zero-order valence-corrected chi connectivity index (χ0v) is 11.8. The van der Waals surface area contributed by atoms with Gasteiger partial charge in [-0.15, -0.1) is 5.10 Å². The number of aryl methyl sites for hydroxylation is 1. The van der Waals surface area contributed by atoms with Crippen molar-refractivity contribution in [2.75, 3.05) is 26.7 Å². The van der Waals surface area contributed by atoms with Crippen molar-refractivity contribution < 1.29 is 9.59 Å². The highest BCUT2D eigenvalue weighted by Gasteiger charge is 2.23.